The van der Waals surface area contributed by atoms with Crippen LogP contribution in [0.3, 0.4) is 0 Å². The summed E-state index contributed by atoms with van der Waals surface area (Å²) in [6, 6.07) is 8.52. The Hall–Kier alpha value is -2.59. The third kappa shape index (κ3) is 4.54. The minimum atomic E-state index is -3.26. The van der Waals surface area contributed by atoms with Gasteiger partial charge in [-0.1, -0.05) is 30.4 Å². The number of piperazine rings is 1. The second-order valence-electron chi connectivity index (χ2n) is 7.32. The van der Waals surface area contributed by atoms with Gasteiger partial charge in [-0.25, -0.2) is 22.2 Å². The summed E-state index contributed by atoms with van der Waals surface area (Å²) in [5.74, 6) is -1.31. The molecule has 0 radical (unpaired) electrons. The van der Waals surface area contributed by atoms with Crippen molar-refractivity contribution in [3.63, 3.8) is 0 Å². The summed E-state index contributed by atoms with van der Waals surface area (Å²) in [4.78, 5) is 20.9. The average molecular weight is 466 g/mol. The maximum Gasteiger partial charge on any atom is 0.227 e. The van der Waals surface area contributed by atoms with Crippen molar-refractivity contribution < 1.29 is 22.0 Å². The lowest BCUT2D eigenvalue weighted by Gasteiger charge is -2.34. The van der Waals surface area contributed by atoms with Gasteiger partial charge >= 0.3 is 0 Å². The van der Waals surface area contributed by atoms with E-state index in [1.54, 1.807) is 24.0 Å². The summed E-state index contributed by atoms with van der Waals surface area (Å²) in [7, 11) is -3.26. The predicted octanol–water partition coefficient (Wildman–Crippen LogP) is 3.26. The predicted molar refractivity (Wildman–Crippen MR) is 116 cm³/mol. The quantitative estimate of drug-likeness (QED) is 0.579. The van der Waals surface area contributed by atoms with Crippen LogP contribution in [0.5, 0.6) is 0 Å². The molecule has 0 spiro atoms. The van der Waals surface area contributed by atoms with Crippen molar-refractivity contribution in [2.75, 3.05) is 36.8 Å². The molecule has 1 amide bonds. The first-order valence-electron chi connectivity index (χ1n) is 9.87. The fourth-order valence-electron chi connectivity index (χ4n) is 3.50. The van der Waals surface area contributed by atoms with Crippen LogP contribution >= 0.6 is 11.3 Å². The van der Waals surface area contributed by atoms with E-state index in [2.05, 4.69) is 4.98 Å². The van der Waals surface area contributed by atoms with Gasteiger partial charge in [0.1, 0.15) is 11.3 Å². The molecule has 1 fully saturated rings. The molecule has 2 aromatic carbocycles. The van der Waals surface area contributed by atoms with E-state index < -0.39 is 21.5 Å². The van der Waals surface area contributed by atoms with Crippen molar-refractivity contribution in [3.8, 4) is 0 Å². The van der Waals surface area contributed by atoms with Crippen molar-refractivity contribution in [1.82, 2.24) is 9.88 Å². The van der Waals surface area contributed by atoms with Crippen molar-refractivity contribution in [3.05, 3.63) is 53.6 Å². The number of aromatic nitrogens is 1. The average Bonchev–Trinajstić information content (AvgIpc) is 3.18. The third-order valence-corrected chi connectivity index (χ3v) is 8.14. The largest absolute Gasteiger partial charge is 0.345 e. The number of halogens is 2. The van der Waals surface area contributed by atoms with Gasteiger partial charge in [-0.15, -0.1) is 0 Å². The molecule has 2 heterocycles. The van der Waals surface area contributed by atoms with Crippen LogP contribution in [-0.4, -0.2) is 56.1 Å². The minimum absolute atomic E-state index is 0.0335. The number of sulfone groups is 1. The molecule has 1 aliphatic heterocycles. The molecular formula is C21H21F2N3O3S2. The maximum absolute atomic E-state index is 13.9. The Morgan fingerprint density at radius 2 is 1.77 bits per heavy atom. The van der Waals surface area contributed by atoms with Gasteiger partial charge in [0, 0.05) is 32.2 Å². The molecule has 1 aliphatic rings. The molecule has 3 aromatic rings. The van der Waals surface area contributed by atoms with E-state index in [0.29, 0.717) is 36.0 Å². The highest BCUT2D eigenvalue weighted by Gasteiger charge is 2.24. The third-order valence-electron chi connectivity index (χ3n) is 5.32. The lowest BCUT2D eigenvalue weighted by atomic mass is 10.1. The van der Waals surface area contributed by atoms with Gasteiger partial charge in [0.2, 0.25) is 5.91 Å². The SMILES string of the molecule is CCS(=O)(=O)c1ccc(CC(=O)N2CCN(c3nc4c(F)cc(F)cc4s3)CC2)cc1. The molecule has 0 atom stereocenters. The minimum Gasteiger partial charge on any atom is -0.345 e. The van der Waals surface area contributed by atoms with Gasteiger partial charge in [-0.05, 0) is 23.8 Å². The van der Waals surface area contributed by atoms with Gasteiger partial charge in [0.25, 0.3) is 0 Å². The molecule has 10 heteroatoms. The number of hydrogen-bond acceptors (Lipinski definition) is 6. The normalized spacial score (nSPS) is 14.9. The van der Waals surface area contributed by atoms with Crippen LogP contribution < -0.4 is 4.90 Å². The molecule has 31 heavy (non-hydrogen) atoms. The van der Waals surface area contributed by atoms with Gasteiger partial charge in [-0.3, -0.25) is 4.79 Å². The van der Waals surface area contributed by atoms with Gasteiger partial charge in [0.15, 0.2) is 20.8 Å². The number of anilines is 1. The number of hydrogen-bond donors (Lipinski definition) is 0. The Kier molecular flexibility index (Phi) is 5.94. The van der Waals surface area contributed by atoms with Crippen LogP contribution in [0.2, 0.25) is 0 Å². The standard InChI is InChI=1S/C21H21F2N3O3S2/c1-2-31(28,29)16-5-3-14(4-6-16)11-19(27)25-7-9-26(10-8-25)21-24-20-17(23)12-15(22)13-18(20)30-21/h3-6,12-13H,2,7-11H2,1H3. The van der Waals surface area contributed by atoms with Crippen molar-refractivity contribution in [1.29, 1.82) is 0 Å². The molecule has 0 unspecified atom stereocenters. The Balaban J connectivity index is 1.37. The Morgan fingerprint density at radius 3 is 2.42 bits per heavy atom. The molecular weight excluding hydrogens is 444 g/mol. The van der Waals surface area contributed by atoms with E-state index in [9.17, 15) is 22.0 Å². The highest BCUT2D eigenvalue weighted by molar-refractivity contribution is 7.91. The number of rotatable bonds is 5. The molecule has 0 saturated carbocycles. The first-order valence-corrected chi connectivity index (χ1v) is 12.3. The summed E-state index contributed by atoms with van der Waals surface area (Å²) in [5.41, 5.74) is 0.916. The van der Waals surface area contributed by atoms with Crippen molar-refractivity contribution in [2.45, 2.75) is 18.2 Å². The molecule has 1 aromatic heterocycles. The molecule has 164 valence electrons. The summed E-state index contributed by atoms with van der Waals surface area (Å²) in [6.45, 7) is 3.67. The Bertz CT molecular complexity index is 1220. The summed E-state index contributed by atoms with van der Waals surface area (Å²) < 4.78 is 51.6. The van der Waals surface area contributed by atoms with E-state index in [1.165, 1.54) is 29.5 Å². The van der Waals surface area contributed by atoms with Crippen LogP contribution in [0.1, 0.15) is 12.5 Å². The first kappa shape index (κ1) is 21.6. The number of thiazole rings is 1. The molecule has 0 bridgehead atoms. The Labute approximate surface area is 183 Å². The number of nitrogens with zero attached hydrogens (tertiary/aromatic N) is 3. The maximum atomic E-state index is 13.9. The van der Waals surface area contributed by atoms with Crippen molar-refractivity contribution >= 4 is 42.4 Å². The summed E-state index contributed by atoms with van der Waals surface area (Å²) in [5, 5.41) is 0.610. The number of amides is 1. The first-order chi connectivity index (χ1) is 14.8. The fourth-order valence-corrected chi connectivity index (χ4v) is 5.44. The summed E-state index contributed by atoms with van der Waals surface area (Å²) >= 11 is 1.23. The number of benzene rings is 2. The topological polar surface area (TPSA) is 70.6 Å². The zero-order chi connectivity index (χ0) is 22.2. The Morgan fingerprint density at radius 1 is 1.10 bits per heavy atom. The zero-order valence-corrected chi connectivity index (χ0v) is 18.5. The number of fused-ring (bicyclic) bond motifs is 1. The van der Waals surface area contributed by atoms with Gasteiger partial charge in [0.05, 0.1) is 21.8 Å². The van der Waals surface area contributed by atoms with E-state index >= 15 is 0 Å². The van der Waals surface area contributed by atoms with Crippen molar-refractivity contribution in [2.24, 2.45) is 0 Å². The van der Waals surface area contributed by atoms with E-state index in [1.807, 2.05) is 4.90 Å². The summed E-state index contributed by atoms with van der Waals surface area (Å²) in [6.07, 6.45) is 0.193. The fraction of sp³-hybridized carbons (Fsp3) is 0.333. The van der Waals surface area contributed by atoms with Crippen LogP contribution in [0.15, 0.2) is 41.3 Å². The van der Waals surface area contributed by atoms with Crippen LogP contribution in [-0.2, 0) is 21.1 Å². The molecule has 4 rings (SSSR count). The highest BCUT2D eigenvalue weighted by Crippen LogP contribution is 2.31. The molecule has 1 saturated heterocycles. The highest BCUT2D eigenvalue weighted by atomic mass is 32.2. The van der Waals surface area contributed by atoms with Crippen LogP contribution in [0.25, 0.3) is 10.2 Å². The molecule has 0 aliphatic carbocycles. The molecule has 0 N–H and O–H groups in total. The molecule has 6 nitrogen and oxygen atoms in total. The second kappa shape index (κ2) is 8.51. The van der Waals surface area contributed by atoms with Gasteiger partial charge in [-0.2, -0.15) is 0 Å². The van der Waals surface area contributed by atoms with Gasteiger partial charge < -0.3 is 9.80 Å². The zero-order valence-electron chi connectivity index (χ0n) is 16.8. The van der Waals surface area contributed by atoms with E-state index in [4.69, 9.17) is 0 Å². The second-order valence-corrected chi connectivity index (χ2v) is 10.6. The monoisotopic (exact) mass is 465 g/mol. The van der Waals surface area contributed by atoms with E-state index in [0.717, 1.165) is 11.6 Å². The van der Waals surface area contributed by atoms with E-state index in [-0.39, 0.29) is 28.5 Å². The smallest absolute Gasteiger partial charge is 0.227 e. The lowest BCUT2D eigenvalue weighted by molar-refractivity contribution is -0.130. The lowest BCUT2D eigenvalue weighted by Crippen LogP contribution is -2.49. The van der Waals surface area contributed by atoms with Crippen LogP contribution in [0.4, 0.5) is 13.9 Å². The number of carbonyl (C=O) groups is 1. The van der Waals surface area contributed by atoms with Crippen LogP contribution in [0, 0.1) is 11.6 Å². The number of carbonyl (C=O) groups excluding carboxylic acids is 1.